The highest BCUT2D eigenvalue weighted by Crippen LogP contribution is 2.24. The monoisotopic (exact) mass is 235 g/mol. The van der Waals surface area contributed by atoms with E-state index in [0.717, 1.165) is 16.5 Å². The number of hydrogen-bond donors (Lipinski definition) is 0. The number of rotatable bonds is 3. The average molecular weight is 236 g/mol. The van der Waals surface area contributed by atoms with Gasteiger partial charge in [0.1, 0.15) is 0 Å². The molecule has 84 valence electrons. The Morgan fingerprint density at radius 2 is 2.19 bits per heavy atom. The quantitative estimate of drug-likeness (QED) is 0.797. The van der Waals surface area contributed by atoms with Gasteiger partial charge in [-0.3, -0.25) is 4.79 Å². The molecule has 0 N–H and O–H groups in total. The molecule has 0 radical (unpaired) electrons. The maximum absolute atomic E-state index is 11.4. The van der Waals surface area contributed by atoms with E-state index < -0.39 is 0 Å². The Morgan fingerprint density at radius 1 is 1.44 bits per heavy atom. The molecule has 0 saturated carbocycles. The Kier molecular flexibility index (Phi) is 3.01. The van der Waals surface area contributed by atoms with Gasteiger partial charge in [-0.25, -0.2) is 0 Å². The number of carbonyl (C=O) groups is 1. The second kappa shape index (κ2) is 4.30. The van der Waals surface area contributed by atoms with Crippen LogP contribution in [0.5, 0.6) is 0 Å². The predicted molar refractivity (Wildman–Crippen MR) is 67.0 cm³/mol. The van der Waals surface area contributed by atoms with Crippen molar-refractivity contribution in [3.63, 3.8) is 0 Å². The van der Waals surface area contributed by atoms with Gasteiger partial charge in [-0.15, -0.1) is 0 Å². The molecule has 0 aliphatic rings. The summed E-state index contributed by atoms with van der Waals surface area (Å²) in [7, 11) is 0. The molecule has 0 spiro atoms. The fourth-order valence-electron chi connectivity index (χ4n) is 1.88. The van der Waals surface area contributed by atoms with E-state index in [1.165, 1.54) is 0 Å². The first-order valence-electron chi connectivity index (χ1n) is 5.38. The lowest BCUT2D eigenvalue weighted by atomic mass is 10.1. The molecule has 0 bridgehead atoms. The molecule has 2 nitrogen and oxygen atoms in total. The third-order valence-corrected chi connectivity index (χ3v) is 3.02. The van der Waals surface area contributed by atoms with Crippen LogP contribution in [-0.2, 0) is 11.3 Å². The SMILES string of the molecule is CCC(=O)Cn1ccc2c(C)cc(Cl)cc21. The molecule has 2 aromatic rings. The largest absolute Gasteiger partial charge is 0.340 e. The van der Waals surface area contributed by atoms with Crippen LogP contribution in [0.25, 0.3) is 10.9 Å². The minimum Gasteiger partial charge on any atom is -0.340 e. The van der Waals surface area contributed by atoms with Crippen molar-refractivity contribution in [3.05, 3.63) is 35.0 Å². The predicted octanol–water partition coefficient (Wildman–Crippen LogP) is 3.58. The zero-order valence-electron chi connectivity index (χ0n) is 9.46. The van der Waals surface area contributed by atoms with Crippen LogP contribution in [0, 0.1) is 6.92 Å². The zero-order chi connectivity index (χ0) is 11.7. The summed E-state index contributed by atoms with van der Waals surface area (Å²) in [5.41, 5.74) is 2.18. The summed E-state index contributed by atoms with van der Waals surface area (Å²) in [5, 5.41) is 1.88. The molecule has 0 aliphatic heterocycles. The summed E-state index contributed by atoms with van der Waals surface area (Å²) < 4.78 is 1.96. The Bertz CT molecular complexity index is 542. The first-order valence-corrected chi connectivity index (χ1v) is 5.76. The number of aromatic nitrogens is 1. The van der Waals surface area contributed by atoms with Crippen LogP contribution in [0.2, 0.25) is 5.02 Å². The van der Waals surface area contributed by atoms with Gasteiger partial charge in [0, 0.05) is 23.0 Å². The lowest BCUT2D eigenvalue weighted by molar-refractivity contribution is -0.119. The molecule has 2 rings (SSSR count). The topological polar surface area (TPSA) is 22.0 Å². The van der Waals surface area contributed by atoms with Gasteiger partial charge in [0.25, 0.3) is 0 Å². The van der Waals surface area contributed by atoms with Gasteiger partial charge in [0.05, 0.1) is 12.1 Å². The van der Waals surface area contributed by atoms with Gasteiger partial charge < -0.3 is 4.57 Å². The first kappa shape index (κ1) is 11.2. The second-order valence-electron chi connectivity index (χ2n) is 3.99. The molecule has 1 aromatic heterocycles. The normalized spacial score (nSPS) is 10.9. The summed E-state index contributed by atoms with van der Waals surface area (Å²) in [6, 6.07) is 5.88. The zero-order valence-corrected chi connectivity index (χ0v) is 10.2. The number of hydrogen-bond acceptors (Lipinski definition) is 1. The van der Waals surface area contributed by atoms with E-state index >= 15 is 0 Å². The highest BCUT2D eigenvalue weighted by Gasteiger charge is 2.07. The standard InChI is InChI=1S/C13H14ClNO/c1-3-11(16)8-15-5-4-12-9(2)6-10(14)7-13(12)15/h4-7H,3,8H2,1-2H3. The minimum atomic E-state index is 0.232. The van der Waals surface area contributed by atoms with E-state index in [9.17, 15) is 4.79 Å². The van der Waals surface area contributed by atoms with Crippen LogP contribution >= 0.6 is 11.6 Å². The first-order chi connectivity index (χ1) is 7.61. The highest BCUT2D eigenvalue weighted by molar-refractivity contribution is 6.31. The molecule has 0 fully saturated rings. The lowest BCUT2D eigenvalue weighted by Crippen LogP contribution is -2.07. The number of halogens is 1. The summed E-state index contributed by atoms with van der Waals surface area (Å²) in [6.45, 7) is 4.34. The number of fused-ring (bicyclic) bond motifs is 1. The van der Waals surface area contributed by atoms with E-state index in [-0.39, 0.29) is 5.78 Å². The van der Waals surface area contributed by atoms with Crippen molar-refractivity contribution in [1.82, 2.24) is 4.57 Å². The van der Waals surface area contributed by atoms with Crippen molar-refractivity contribution in [2.75, 3.05) is 0 Å². The summed E-state index contributed by atoms with van der Waals surface area (Å²) in [5.74, 6) is 0.232. The molecule has 0 aliphatic carbocycles. The van der Waals surface area contributed by atoms with E-state index in [1.54, 1.807) is 0 Å². The van der Waals surface area contributed by atoms with Crippen molar-refractivity contribution in [2.45, 2.75) is 26.8 Å². The molecule has 16 heavy (non-hydrogen) atoms. The van der Waals surface area contributed by atoms with Gasteiger partial charge in [-0.05, 0) is 30.7 Å². The summed E-state index contributed by atoms with van der Waals surface area (Å²) in [6.07, 6.45) is 2.51. The number of Topliss-reactive ketones (excluding diaryl/α,β-unsaturated/α-hetero) is 1. The highest BCUT2D eigenvalue weighted by atomic mass is 35.5. The third kappa shape index (κ3) is 1.98. The molecule has 1 aromatic carbocycles. The van der Waals surface area contributed by atoms with Crippen molar-refractivity contribution in [1.29, 1.82) is 0 Å². The fourth-order valence-corrected chi connectivity index (χ4v) is 2.14. The second-order valence-corrected chi connectivity index (χ2v) is 4.43. The number of ketones is 1. The molecular formula is C13H14ClNO. The molecule has 0 atom stereocenters. The third-order valence-electron chi connectivity index (χ3n) is 2.80. The fraction of sp³-hybridized carbons (Fsp3) is 0.308. The number of benzene rings is 1. The van der Waals surface area contributed by atoms with Crippen LogP contribution in [-0.4, -0.2) is 10.4 Å². The Hall–Kier alpha value is -1.28. The number of aryl methyl sites for hydroxylation is 1. The van der Waals surface area contributed by atoms with Gasteiger partial charge in [-0.1, -0.05) is 18.5 Å². The molecule has 0 saturated heterocycles. The Morgan fingerprint density at radius 3 is 2.88 bits per heavy atom. The van der Waals surface area contributed by atoms with E-state index in [0.29, 0.717) is 18.0 Å². The smallest absolute Gasteiger partial charge is 0.152 e. The molecule has 3 heteroatoms. The molecule has 1 heterocycles. The van der Waals surface area contributed by atoms with E-state index in [2.05, 4.69) is 0 Å². The van der Waals surface area contributed by atoms with Crippen LogP contribution in [0.15, 0.2) is 24.4 Å². The van der Waals surface area contributed by atoms with Gasteiger partial charge in [0.15, 0.2) is 5.78 Å². The number of nitrogens with zero attached hydrogens (tertiary/aromatic N) is 1. The van der Waals surface area contributed by atoms with Crippen LogP contribution in [0.1, 0.15) is 18.9 Å². The van der Waals surface area contributed by atoms with Gasteiger partial charge >= 0.3 is 0 Å². The van der Waals surface area contributed by atoms with Crippen LogP contribution in [0.4, 0.5) is 0 Å². The van der Waals surface area contributed by atoms with Crippen molar-refractivity contribution >= 4 is 28.3 Å². The number of carbonyl (C=O) groups excluding carboxylic acids is 1. The van der Waals surface area contributed by atoms with E-state index in [1.807, 2.05) is 42.8 Å². The maximum atomic E-state index is 11.4. The van der Waals surface area contributed by atoms with Crippen LogP contribution in [0.3, 0.4) is 0 Å². The molecular weight excluding hydrogens is 222 g/mol. The Labute approximate surface area is 99.8 Å². The summed E-state index contributed by atoms with van der Waals surface area (Å²) in [4.78, 5) is 11.4. The van der Waals surface area contributed by atoms with Crippen molar-refractivity contribution in [3.8, 4) is 0 Å². The van der Waals surface area contributed by atoms with Gasteiger partial charge in [0.2, 0.25) is 0 Å². The van der Waals surface area contributed by atoms with E-state index in [4.69, 9.17) is 11.6 Å². The van der Waals surface area contributed by atoms with Crippen molar-refractivity contribution < 1.29 is 4.79 Å². The van der Waals surface area contributed by atoms with Gasteiger partial charge in [-0.2, -0.15) is 0 Å². The Balaban J connectivity index is 2.51. The molecule has 0 unspecified atom stereocenters. The summed E-state index contributed by atoms with van der Waals surface area (Å²) >= 11 is 6.03. The molecule has 0 amide bonds. The van der Waals surface area contributed by atoms with Crippen LogP contribution < -0.4 is 0 Å². The minimum absolute atomic E-state index is 0.232. The lowest BCUT2D eigenvalue weighted by Gasteiger charge is -2.05. The maximum Gasteiger partial charge on any atom is 0.152 e. The van der Waals surface area contributed by atoms with Crippen molar-refractivity contribution in [2.24, 2.45) is 0 Å². The average Bonchev–Trinajstić information content (AvgIpc) is 2.61.